The van der Waals surface area contributed by atoms with Gasteiger partial charge in [0.2, 0.25) is 0 Å². The molecule has 0 bridgehead atoms. The predicted octanol–water partition coefficient (Wildman–Crippen LogP) is 1.84. The van der Waals surface area contributed by atoms with Gasteiger partial charge >= 0.3 is 0 Å². The first kappa shape index (κ1) is 13.0. The summed E-state index contributed by atoms with van der Waals surface area (Å²) in [6.45, 7) is 4.94. The van der Waals surface area contributed by atoms with Gasteiger partial charge in [-0.05, 0) is 13.8 Å². The lowest BCUT2D eigenvalue weighted by molar-refractivity contribution is -0.0827. The number of halogens is 3. The molecular weight excluding hydrogens is 239 g/mol. The summed E-state index contributed by atoms with van der Waals surface area (Å²) in [6.07, 6.45) is 0. The molecule has 0 aromatic heterocycles. The maximum Gasteiger partial charge on any atom is 0.175 e. The van der Waals surface area contributed by atoms with Crippen molar-refractivity contribution in [3.05, 3.63) is 0 Å². The zero-order valence-electron chi connectivity index (χ0n) is 7.15. The fourth-order valence-electron chi connectivity index (χ4n) is 0.727. The van der Waals surface area contributed by atoms with Crippen molar-refractivity contribution < 1.29 is 9.47 Å². The van der Waals surface area contributed by atoms with Crippen LogP contribution >= 0.6 is 34.8 Å². The van der Waals surface area contributed by atoms with Crippen LogP contribution in [0.2, 0.25) is 0 Å². The first-order valence-corrected chi connectivity index (χ1v) is 6.45. The van der Waals surface area contributed by atoms with Crippen molar-refractivity contribution in [1.82, 2.24) is 0 Å². The molecule has 0 N–H and O–H groups in total. The highest BCUT2D eigenvalue weighted by Crippen LogP contribution is 2.25. The summed E-state index contributed by atoms with van der Waals surface area (Å²) >= 11 is 16.9. The highest BCUT2D eigenvalue weighted by Gasteiger charge is 2.27. The molecule has 0 rings (SSSR count). The largest absolute Gasteiger partial charge is 0.357 e. The molecule has 0 aromatic carbocycles. The highest BCUT2D eigenvalue weighted by atomic mass is 35.6. The summed E-state index contributed by atoms with van der Waals surface area (Å²) in [5, 5.41) is 0. The molecule has 0 amide bonds. The Labute approximate surface area is 90.3 Å². The molecule has 2 nitrogen and oxygen atoms in total. The lowest BCUT2D eigenvalue weighted by atomic mass is 10.9. The van der Waals surface area contributed by atoms with Crippen LogP contribution in [0.1, 0.15) is 13.8 Å². The van der Waals surface area contributed by atoms with Crippen molar-refractivity contribution in [2.75, 3.05) is 13.2 Å². The SMILES string of the molecule is CCOC(OCC)[SiH2]C(Cl)(Cl)Cl. The van der Waals surface area contributed by atoms with Gasteiger partial charge in [-0.25, -0.2) is 0 Å². The van der Waals surface area contributed by atoms with Gasteiger partial charge in [-0.2, -0.15) is 0 Å². The van der Waals surface area contributed by atoms with Gasteiger partial charge in [0.15, 0.2) is 12.9 Å². The van der Waals surface area contributed by atoms with Crippen LogP contribution in [0.3, 0.4) is 0 Å². The number of ether oxygens (including phenoxy) is 2. The minimum absolute atomic E-state index is 0.285. The van der Waals surface area contributed by atoms with E-state index in [2.05, 4.69) is 0 Å². The second-order valence-corrected chi connectivity index (χ2v) is 8.16. The minimum atomic E-state index is -1.17. The molecular formula is C6H13Cl3O2Si. The lowest BCUT2D eigenvalue weighted by Gasteiger charge is -2.20. The maximum absolute atomic E-state index is 5.63. The Hall–Kier alpha value is 1.01. The van der Waals surface area contributed by atoms with Gasteiger partial charge in [0, 0.05) is 13.2 Å². The maximum atomic E-state index is 5.63. The molecule has 0 aliphatic carbocycles. The van der Waals surface area contributed by atoms with Crippen LogP contribution in [-0.4, -0.2) is 32.1 Å². The average Bonchev–Trinajstić information content (AvgIpc) is 1.84. The second kappa shape index (κ2) is 6.46. The molecule has 0 spiro atoms. The third kappa shape index (κ3) is 7.65. The fraction of sp³-hybridized carbons (Fsp3) is 1.00. The molecule has 0 fully saturated rings. The Bertz CT molecular complexity index is 112. The molecule has 12 heavy (non-hydrogen) atoms. The molecule has 0 saturated heterocycles. The van der Waals surface area contributed by atoms with Gasteiger partial charge in [0.05, 0.1) is 0 Å². The quantitative estimate of drug-likeness (QED) is 0.422. The average molecular weight is 252 g/mol. The zero-order chi connectivity index (χ0) is 9.61. The molecule has 0 aliphatic rings. The van der Waals surface area contributed by atoms with E-state index in [4.69, 9.17) is 44.3 Å². The molecule has 0 unspecified atom stereocenters. The van der Waals surface area contributed by atoms with Gasteiger partial charge in [-0.15, -0.1) is 0 Å². The Balaban J connectivity index is 3.77. The number of hydrogen-bond donors (Lipinski definition) is 0. The van der Waals surface area contributed by atoms with E-state index in [0.717, 1.165) is 0 Å². The van der Waals surface area contributed by atoms with Crippen LogP contribution < -0.4 is 0 Å². The number of hydrogen-bond acceptors (Lipinski definition) is 2. The first-order valence-electron chi connectivity index (χ1n) is 3.79. The van der Waals surface area contributed by atoms with E-state index >= 15 is 0 Å². The van der Waals surface area contributed by atoms with Gasteiger partial charge < -0.3 is 9.47 Å². The normalized spacial score (nSPS) is 13.5. The van der Waals surface area contributed by atoms with E-state index in [1.165, 1.54) is 0 Å². The molecule has 0 atom stereocenters. The van der Waals surface area contributed by atoms with Crippen molar-refractivity contribution in [3.8, 4) is 0 Å². The molecule has 0 saturated carbocycles. The number of rotatable bonds is 5. The first-order chi connectivity index (χ1) is 5.49. The molecule has 74 valence electrons. The Morgan fingerprint density at radius 1 is 1.17 bits per heavy atom. The van der Waals surface area contributed by atoms with Gasteiger partial charge in [-0.3, -0.25) is 0 Å². The standard InChI is InChI=1S/C6H13Cl3O2Si/c1-3-10-5(11-4-2)12-6(7,8)9/h5H,3-4,12H2,1-2H3. The second-order valence-electron chi connectivity index (χ2n) is 2.16. The van der Waals surface area contributed by atoms with E-state index in [0.29, 0.717) is 13.2 Å². The van der Waals surface area contributed by atoms with E-state index in [1.54, 1.807) is 0 Å². The Morgan fingerprint density at radius 2 is 1.58 bits per heavy atom. The molecule has 0 radical (unpaired) electrons. The van der Waals surface area contributed by atoms with E-state index in [1.807, 2.05) is 13.8 Å². The third-order valence-corrected chi connectivity index (χ3v) is 3.76. The summed E-state index contributed by atoms with van der Waals surface area (Å²) in [6, 6.07) is 0. The fourth-order valence-corrected chi connectivity index (χ4v) is 2.95. The summed E-state index contributed by atoms with van der Waals surface area (Å²) < 4.78 is 9.32. The van der Waals surface area contributed by atoms with E-state index in [9.17, 15) is 0 Å². The van der Waals surface area contributed by atoms with Crippen LogP contribution in [0.25, 0.3) is 0 Å². The predicted molar refractivity (Wildman–Crippen MR) is 55.9 cm³/mol. The lowest BCUT2D eigenvalue weighted by Crippen LogP contribution is -2.33. The van der Waals surface area contributed by atoms with E-state index in [-0.39, 0.29) is 5.91 Å². The molecule has 0 aromatic rings. The highest BCUT2D eigenvalue weighted by molar-refractivity contribution is 6.87. The number of alkyl halides is 3. The van der Waals surface area contributed by atoms with Crippen LogP contribution in [0, 0.1) is 0 Å². The zero-order valence-corrected chi connectivity index (χ0v) is 10.8. The van der Waals surface area contributed by atoms with Gasteiger partial charge in [0.25, 0.3) is 0 Å². The monoisotopic (exact) mass is 250 g/mol. The van der Waals surface area contributed by atoms with Crippen molar-refractivity contribution >= 4 is 44.3 Å². The summed E-state index contributed by atoms with van der Waals surface area (Å²) in [4.78, 5) is 0. The van der Waals surface area contributed by atoms with Crippen LogP contribution in [0.4, 0.5) is 0 Å². The molecule has 6 heteroatoms. The van der Waals surface area contributed by atoms with Crippen molar-refractivity contribution in [2.24, 2.45) is 0 Å². The topological polar surface area (TPSA) is 18.5 Å². The van der Waals surface area contributed by atoms with Gasteiger partial charge in [-0.1, -0.05) is 34.8 Å². The Kier molecular flexibility index (Phi) is 7.00. The van der Waals surface area contributed by atoms with Crippen LogP contribution in [0.15, 0.2) is 0 Å². The molecule has 0 aliphatic heterocycles. The summed E-state index contributed by atoms with van der Waals surface area (Å²) in [5.74, 6) is -0.285. The smallest absolute Gasteiger partial charge is 0.175 e. The summed E-state index contributed by atoms with van der Waals surface area (Å²) in [5.41, 5.74) is 0. The van der Waals surface area contributed by atoms with E-state index < -0.39 is 12.9 Å². The van der Waals surface area contributed by atoms with Gasteiger partial charge in [0.1, 0.15) is 5.91 Å². The minimum Gasteiger partial charge on any atom is -0.357 e. The third-order valence-electron chi connectivity index (χ3n) is 1.10. The molecule has 0 heterocycles. The van der Waals surface area contributed by atoms with Crippen molar-refractivity contribution in [1.29, 1.82) is 0 Å². The summed E-state index contributed by atoms with van der Waals surface area (Å²) in [7, 11) is -1.01. The van der Waals surface area contributed by atoms with Crippen LogP contribution in [0.5, 0.6) is 0 Å². The van der Waals surface area contributed by atoms with Crippen LogP contribution in [-0.2, 0) is 9.47 Å². The van der Waals surface area contributed by atoms with Crippen molar-refractivity contribution in [2.45, 2.75) is 23.2 Å². The van der Waals surface area contributed by atoms with Crippen molar-refractivity contribution in [3.63, 3.8) is 0 Å². The Morgan fingerprint density at radius 3 is 1.83 bits per heavy atom.